The number of rotatable bonds is 6. The Hall–Kier alpha value is -1.56. The van der Waals surface area contributed by atoms with Crippen LogP contribution < -0.4 is 10.0 Å². The van der Waals surface area contributed by atoms with Crippen LogP contribution in [0.1, 0.15) is 55.3 Å². The first kappa shape index (κ1) is 17.8. The average Bonchev–Trinajstić information content (AvgIpc) is 2.52. The molecule has 5 rings (SSSR count). The maximum Gasteiger partial charge on any atom is 0.251 e. The molecule has 0 radical (unpaired) electrons. The van der Waals surface area contributed by atoms with E-state index in [0.29, 0.717) is 23.2 Å². The zero-order valence-electron chi connectivity index (χ0n) is 15.3. The van der Waals surface area contributed by atoms with Crippen molar-refractivity contribution in [3.63, 3.8) is 0 Å². The summed E-state index contributed by atoms with van der Waals surface area (Å²) in [7, 11) is -3.34. The van der Waals surface area contributed by atoms with Crippen LogP contribution in [0.2, 0.25) is 0 Å². The minimum absolute atomic E-state index is 0.133. The van der Waals surface area contributed by atoms with Gasteiger partial charge in [0.1, 0.15) is 0 Å². The van der Waals surface area contributed by atoms with Crippen molar-refractivity contribution in [1.29, 1.82) is 0 Å². The Kier molecular flexibility index (Phi) is 4.49. The summed E-state index contributed by atoms with van der Waals surface area (Å²) in [5.74, 6) is 2.65. The molecule has 6 heteroatoms. The van der Waals surface area contributed by atoms with E-state index in [2.05, 4.69) is 10.0 Å². The van der Waals surface area contributed by atoms with E-state index < -0.39 is 10.0 Å². The lowest BCUT2D eigenvalue weighted by atomic mass is 9.49. The van der Waals surface area contributed by atoms with Gasteiger partial charge in [0.05, 0.1) is 6.26 Å². The van der Waals surface area contributed by atoms with E-state index in [1.807, 2.05) is 0 Å². The normalized spacial score (nSPS) is 32.4. The number of amides is 1. The Morgan fingerprint density at radius 1 is 1.12 bits per heavy atom. The standard InChI is InChI=1S/C20H28N2O3S/c1-26(24,25)22-18-4-2-3-17(10-18)19(23)21-6-5-20-11-14-7-15(12-20)9-16(8-14)13-20/h2-4,10,14-16,22H,5-9,11-13H2,1H3,(H,21,23). The molecule has 0 aliphatic heterocycles. The maximum atomic E-state index is 12.5. The Labute approximate surface area is 156 Å². The summed E-state index contributed by atoms with van der Waals surface area (Å²) in [5, 5.41) is 3.05. The molecule has 4 aliphatic carbocycles. The van der Waals surface area contributed by atoms with Crippen LogP contribution in [0.25, 0.3) is 0 Å². The highest BCUT2D eigenvalue weighted by Gasteiger charge is 2.50. The average molecular weight is 377 g/mol. The highest BCUT2D eigenvalue weighted by atomic mass is 32.2. The van der Waals surface area contributed by atoms with E-state index in [1.54, 1.807) is 24.3 Å². The fourth-order valence-electron chi connectivity index (χ4n) is 6.08. The van der Waals surface area contributed by atoms with Crippen LogP contribution in [0, 0.1) is 23.2 Å². The molecule has 0 heterocycles. The summed E-state index contributed by atoms with van der Waals surface area (Å²) in [6.07, 6.45) is 10.5. The first-order valence-electron chi connectivity index (χ1n) is 9.66. The van der Waals surface area contributed by atoms with Gasteiger partial charge in [-0.1, -0.05) is 6.07 Å². The SMILES string of the molecule is CS(=O)(=O)Nc1cccc(C(=O)NCCC23CC4CC(CC(C4)C2)C3)c1. The van der Waals surface area contributed by atoms with E-state index in [1.165, 1.54) is 38.5 Å². The second-order valence-corrected chi connectivity index (χ2v) is 10.6. The van der Waals surface area contributed by atoms with Crippen molar-refractivity contribution in [3.05, 3.63) is 29.8 Å². The number of benzene rings is 1. The Bertz CT molecular complexity index is 768. The molecule has 0 saturated heterocycles. The maximum absolute atomic E-state index is 12.5. The van der Waals surface area contributed by atoms with Gasteiger partial charge in [-0.25, -0.2) is 8.42 Å². The molecule has 4 bridgehead atoms. The minimum Gasteiger partial charge on any atom is -0.352 e. The highest BCUT2D eigenvalue weighted by molar-refractivity contribution is 7.92. The van der Waals surface area contributed by atoms with Crippen molar-refractivity contribution in [1.82, 2.24) is 5.32 Å². The molecule has 4 saturated carbocycles. The predicted molar refractivity (Wildman–Crippen MR) is 102 cm³/mol. The van der Waals surface area contributed by atoms with Crippen LogP contribution in [0.15, 0.2) is 24.3 Å². The van der Waals surface area contributed by atoms with Crippen LogP contribution in [0.3, 0.4) is 0 Å². The molecule has 2 N–H and O–H groups in total. The first-order valence-corrected chi connectivity index (χ1v) is 11.6. The van der Waals surface area contributed by atoms with Crippen LogP contribution >= 0.6 is 0 Å². The van der Waals surface area contributed by atoms with E-state index in [0.717, 1.165) is 30.4 Å². The van der Waals surface area contributed by atoms with Gasteiger partial charge in [0, 0.05) is 17.8 Å². The number of hydrogen-bond acceptors (Lipinski definition) is 3. The summed E-state index contributed by atoms with van der Waals surface area (Å²) >= 11 is 0. The molecule has 26 heavy (non-hydrogen) atoms. The van der Waals surface area contributed by atoms with Crippen LogP contribution in [-0.4, -0.2) is 27.1 Å². The van der Waals surface area contributed by atoms with Crippen molar-refractivity contribution in [2.75, 3.05) is 17.5 Å². The van der Waals surface area contributed by atoms with Gasteiger partial charge in [0.15, 0.2) is 0 Å². The Morgan fingerprint density at radius 3 is 2.31 bits per heavy atom. The summed E-state index contributed by atoms with van der Waals surface area (Å²) < 4.78 is 25.1. The summed E-state index contributed by atoms with van der Waals surface area (Å²) in [5.41, 5.74) is 1.37. The molecular formula is C20H28N2O3S. The second-order valence-electron chi connectivity index (χ2n) is 8.88. The third kappa shape index (κ3) is 3.90. The fraction of sp³-hybridized carbons (Fsp3) is 0.650. The number of carbonyl (C=O) groups is 1. The smallest absolute Gasteiger partial charge is 0.251 e. The van der Waals surface area contributed by atoms with Gasteiger partial charge in [0.2, 0.25) is 10.0 Å². The van der Waals surface area contributed by atoms with Gasteiger partial charge in [-0.05, 0) is 86.3 Å². The number of nitrogens with one attached hydrogen (secondary N) is 2. The van der Waals surface area contributed by atoms with Crippen molar-refractivity contribution < 1.29 is 13.2 Å². The quantitative estimate of drug-likeness (QED) is 0.799. The third-order valence-electron chi connectivity index (χ3n) is 6.53. The van der Waals surface area contributed by atoms with Gasteiger partial charge in [-0.15, -0.1) is 0 Å². The first-order chi connectivity index (χ1) is 12.3. The van der Waals surface area contributed by atoms with Crippen molar-refractivity contribution >= 4 is 21.6 Å². The molecule has 4 aliphatic rings. The van der Waals surface area contributed by atoms with E-state index in [9.17, 15) is 13.2 Å². The molecule has 0 aromatic heterocycles. The van der Waals surface area contributed by atoms with E-state index in [-0.39, 0.29) is 5.91 Å². The zero-order valence-corrected chi connectivity index (χ0v) is 16.1. The third-order valence-corrected chi connectivity index (χ3v) is 7.14. The molecule has 1 aromatic rings. The molecule has 0 spiro atoms. The molecule has 1 amide bonds. The Morgan fingerprint density at radius 2 is 1.73 bits per heavy atom. The number of anilines is 1. The largest absolute Gasteiger partial charge is 0.352 e. The lowest BCUT2D eigenvalue weighted by molar-refractivity contribution is -0.0564. The molecule has 5 nitrogen and oxygen atoms in total. The van der Waals surface area contributed by atoms with E-state index >= 15 is 0 Å². The van der Waals surface area contributed by atoms with Crippen LogP contribution in [-0.2, 0) is 10.0 Å². The predicted octanol–water partition coefficient (Wildman–Crippen LogP) is 3.39. The monoisotopic (exact) mass is 376 g/mol. The molecule has 142 valence electrons. The van der Waals surface area contributed by atoms with Crippen LogP contribution in [0.4, 0.5) is 5.69 Å². The lowest BCUT2D eigenvalue weighted by Gasteiger charge is -2.57. The van der Waals surface area contributed by atoms with Gasteiger partial charge in [-0.3, -0.25) is 9.52 Å². The molecular weight excluding hydrogens is 348 g/mol. The van der Waals surface area contributed by atoms with Crippen molar-refractivity contribution in [2.24, 2.45) is 23.2 Å². The van der Waals surface area contributed by atoms with Gasteiger partial charge in [-0.2, -0.15) is 0 Å². The van der Waals surface area contributed by atoms with Crippen molar-refractivity contribution in [2.45, 2.75) is 44.9 Å². The Balaban J connectivity index is 1.34. The summed E-state index contributed by atoms with van der Waals surface area (Å²) in [4.78, 5) is 12.5. The lowest BCUT2D eigenvalue weighted by Crippen LogP contribution is -2.47. The second kappa shape index (κ2) is 6.55. The molecule has 0 unspecified atom stereocenters. The molecule has 4 fully saturated rings. The van der Waals surface area contributed by atoms with Gasteiger partial charge in [0.25, 0.3) is 5.91 Å². The summed E-state index contributed by atoms with van der Waals surface area (Å²) in [6, 6.07) is 6.64. The fourth-order valence-corrected chi connectivity index (χ4v) is 6.63. The van der Waals surface area contributed by atoms with Gasteiger partial charge < -0.3 is 5.32 Å². The summed E-state index contributed by atoms with van der Waals surface area (Å²) in [6.45, 7) is 0.703. The minimum atomic E-state index is -3.34. The van der Waals surface area contributed by atoms with Crippen LogP contribution in [0.5, 0.6) is 0 Å². The number of hydrogen-bond donors (Lipinski definition) is 2. The highest BCUT2D eigenvalue weighted by Crippen LogP contribution is 2.61. The number of carbonyl (C=O) groups excluding carboxylic acids is 1. The topological polar surface area (TPSA) is 75.3 Å². The molecule has 1 aromatic carbocycles. The number of sulfonamides is 1. The van der Waals surface area contributed by atoms with E-state index in [4.69, 9.17) is 0 Å². The zero-order chi connectivity index (χ0) is 18.4. The van der Waals surface area contributed by atoms with Gasteiger partial charge >= 0.3 is 0 Å². The van der Waals surface area contributed by atoms with Crippen molar-refractivity contribution in [3.8, 4) is 0 Å². The molecule has 0 atom stereocenters.